The third-order valence-electron chi connectivity index (χ3n) is 5.57. The third-order valence-corrected chi connectivity index (χ3v) is 5.57. The molecule has 0 saturated carbocycles. The second-order valence-corrected chi connectivity index (χ2v) is 7.77. The van der Waals surface area contributed by atoms with Crippen LogP contribution in [-0.4, -0.2) is 57.8 Å². The lowest BCUT2D eigenvalue weighted by Crippen LogP contribution is -2.48. The molecule has 2 aromatic carbocycles. The van der Waals surface area contributed by atoms with E-state index < -0.39 is 30.4 Å². The first-order chi connectivity index (χ1) is 15.4. The van der Waals surface area contributed by atoms with Crippen molar-refractivity contribution in [2.75, 3.05) is 6.54 Å². The summed E-state index contributed by atoms with van der Waals surface area (Å²) < 4.78 is 4.93. The van der Waals surface area contributed by atoms with Gasteiger partial charge in [-0.2, -0.15) is 0 Å². The van der Waals surface area contributed by atoms with Gasteiger partial charge in [0.05, 0.1) is 12.1 Å². The molecule has 0 bridgehead atoms. The van der Waals surface area contributed by atoms with Crippen LogP contribution in [0.1, 0.15) is 22.3 Å². The summed E-state index contributed by atoms with van der Waals surface area (Å²) in [6.45, 7) is 0.108. The zero-order valence-corrected chi connectivity index (χ0v) is 17.2. The van der Waals surface area contributed by atoms with Crippen molar-refractivity contribution in [2.24, 2.45) is 5.73 Å². The van der Waals surface area contributed by atoms with Crippen molar-refractivity contribution in [3.8, 4) is 0 Å². The molecule has 0 aliphatic carbocycles. The Bertz CT molecular complexity index is 1130. The van der Waals surface area contributed by atoms with Crippen LogP contribution in [0.15, 0.2) is 60.8 Å². The molecule has 9 nitrogen and oxygen atoms in total. The Morgan fingerprint density at radius 3 is 2.62 bits per heavy atom. The van der Waals surface area contributed by atoms with E-state index in [1.165, 1.54) is 4.90 Å². The molecule has 2 amide bonds. The summed E-state index contributed by atoms with van der Waals surface area (Å²) >= 11 is 0. The number of H-pyrrole nitrogens is 1. The van der Waals surface area contributed by atoms with Gasteiger partial charge in [-0.15, -0.1) is 0 Å². The SMILES string of the molecule is NC(Cc1c[nH]c2ccccc12)C(=O)N1CC(NC(=O)c2ccccc2)CC1OC(=O)O. The molecule has 166 valence electrons. The minimum Gasteiger partial charge on any atom is -0.450 e. The Kier molecular flexibility index (Phi) is 6.09. The molecule has 9 heteroatoms. The van der Waals surface area contributed by atoms with Crippen molar-refractivity contribution in [3.05, 3.63) is 71.9 Å². The normalized spacial score (nSPS) is 19.0. The molecule has 0 spiro atoms. The fourth-order valence-corrected chi connectivity index (χ4v) is 4.06. The molecule has 3 atom stereocenters. The maximum absolute atomic E-state index is 13.1. The van der Waals surface area contributed by atoms with Gasteiger partial charge in [-0.25, -0.2) is 4.79 Å². The summed E-state index contributed by atoms with van der Waals surface area (Å²) in [5.74, 6) is -0.736. The highest BCUT2D eigenvalue weighted by atomic mass is 16.7. The second-order valence-electron chi connectivity index (χ2n) is 7.77. The molecule has 1 aliphatic heterocycles. The number of hydrogen-bond donors (Lipinski definition) is 4. The number of nitrogens with two attached hydrogens (primary N) is 1. The lowest BCUT2D eigenvalue weighted by atomic mass is 10.0. The van der Waals surface area contributed by atoms with Crippen molar-refractivity contribution in [1.82, 2.24) is 15.2 Å². The van der Waals surface area contributed by atoms with Crippen molar-refractivity contribution in [2.45, 2.75) is 31.2 Å². The first-order valence-corrected chi connectivity index (χ1v) is 10.3. The molecule has 3 aromatic rings. The number of para-hydroxylation sites is 1. The Labute approximate surface area is 184 Å². The van der Waals surface area contributed by atoms with Crippen LogP contribution in [0.2, 0.25) is 0 Å². The van der Waals surface area contributed by atoms with Crippen LogP contribution in [-0.2, 0) is 16.0 Å². The number of rotatable bonds is 6. The summed E-state index contributed by atoms with van der Waals surface area (Å²) in [6.07, 6.45) is -0.268. The lowest BCUT2D eigenvalue weighted by Gasteiger charge is -2.26. The van der Waals surface area contributed by atoms with Crippen LogP contribution in [0.4, 0.5) is 4.79 Å². The molecular weight excluding hydrogens is 412 g/mol. The van der Waals surface area contributed by atoms with Crippen molar-refractivity contribution >= 4 is 28.9 Å². The van der Waals surface area contributed by atoms with Gasteiger partial charge in [0.1, 0.15) is 0 Å². The van der Waals surface area contributed by atoms with Crippen molar-refractivity contribution in [1.29, 1.82) is 0 Å². The van der Waals surface area contributed by atoms with E-state index in [2.05, 4.69) is 10.3 Å². The first kappa shape index (κ1) is 21.4. The number of nitrogens with one attached hydrogen (secondary N) is 2. The maximum atomic E-state index is 13.1. The summed E-state index contributed by atoms with van der Waals surface area (Å²) in [7, 11) is 0. The van der Waals surface area contributed by atoms with Crippen LogP contribution >= 0.6 is 0 Å². The number of carbonyl (C=O) groups excluding carboxylic acids is 2. The van der Waals surface area contributed by atoms with Crippen LogP contribution in [0.25, 0.3) is 10.9 Å². The summed E-state index contributed by atoms with van der Waals surface area (Å²) in [5, 5.41) is 12.9. The molecule has 2 heterocycles. The minimum atomic E-state index is -1.49. The van der Waals surface area contributed by atoms with E-state index in [1.54, 1.807) is 30.3 Å². The topological polar surface area (TPSA) is 138 Å². The number of amides is 2. The number of ether oxygens (including phenoxy) is 1. The van der Waals surface area contributed by atoms with E-state index >= 15 is 0 Å². The number of fused-ring (bicyclic) bond motifs is 1. The maximum Gasteiger partial charge on any atom is 0.507 e. The molecule has 1 aliphatic rings. The number of nitrogens with zero attached hydrogens (tertiary/aromatic N) is 1. The summed E-state index contributed by atoms with van der Waals surface area (Å²) in [5.41, 5.74) is 8.53. The van der Waals surface area contributed by atoms with Gasteiger partial charge >= 0.3 is 6.16 Å². The number of aromatic nitrogens is 1. The third kappa shape index (κ3) is 4.57. The average molecular weight is 436 g/mol. The van der Waals surface area contributed by atoms with Crippen LogP contribution < -0.4 is 11.1 Å². The van der Waals surface area contributed by atoms with Crippen LogP contribution in [0, 0.1) is 0 Å². The van der Waals surface area contributed by atoms with Crippen LogP contribution in [0.3, 0.4) is 0 Å². The van der Waals surface area contributed by atoms with Gasteiger partial charge in [0.25, 0.3) is 5.91 Å². The Hall–Kier alpha value is -3.85. The number of aromatic amines is 1. The standard InChI is InChI=1S/C23H24N4O5/c24-18(10-15-12-25-19-9-5-4-8-17(15)19)22(29)27-13-16(11-20(27)32-23(30)31)26-21(28)14-6-2-1-3-7-14/h1-9,12,16,18,20,25H,10-11,13,24H2,(H,26,28)(H,30,31). The highest BCUT2D eigenvalue weighted by Crippen LogP contribution is 2.23. The molecular formula is C23H24N4O5. The molecule has 32 heavy (non-hydrogen) atoms. The molecule has 3 unspecified atom stereocenters. The van der Waals surface area contributed by atoms with Gasteiger partial charge < -0.3 is 30.8 Å². The van der Waals surface area contributed by atoms with Gasteiger partial charge in [-0.3, -0.25) is 9.59 Å². The molecule has 1 aromatic heterocycles. The fraction of sp³-hybridized carbons (Fsp3) is 0.261. The summed E-state index contributed by atoms with van der Waals surface area (Å²) in [4.78, 5) is 41.2. The second kappa shape index (κ2) is 9.11. The molecule has 1 fully saturated rings. The van der Waals surface area contributed by atoms with Gasteiger partial charge in [0.2, 0.25) is 5.91 Å². The lowest BCUT2D eigenvalue weighted by molar-refractivity contribution is -0.140. The van der Waals surface area contributed by atoms with Gasteiger partial charge in [-0.05, 0) is 30.2 Å². The van der Waals surface area contributed by atoms with E-state index in [0.717, 1.165) is 16.5 Å². The van der Waals surface area contributed by atoms with E-state index in [-0.39, 0.29) is 25.3 Å². The number of carboxylic acid groups (broad SMARTS) is 1. The minimum absolute atomic E-state index is 0.108. The number of hydrogen-bond acceptors (Lipinski definition) is 5. The predicted molar refractivity (Wildman–Crippen MR) is 117 cm³/mol. The zero-order chi connectivity index (χ0) is 22.7. The van der Waals surface area contributed by atoms with Gasteiger partial charge in [-0.1, -0.05) is 36.4 Å². The van der Waals surface area contributed by atoms with Crippen molar-refractivity contribution in [3.63, 3.8) is 0 Å². The number of benzene rings is 2. The molecule has 4 rings (SSSR count). The van der Waals surface area contributed by atoms with E-state index in [1.807, 2.05) is 30.5 Å². The van der Waals surface area contributed by atoms with E-state index in [4.69, 9.17) is 15.6 Å². The number of carbonyl (C=O) groups is 3. The Morgan fingerprint density at radius 1 is 1.16 bits per heavy atom. The molecule has 5 N–H and O–H groups in total. The Balaban J connectivity index is 1.46. The van der Waals surface area contributed by atoms with Gasteiger partial charge in [0.15, 0.2) is 6.23 Å². The summed E-state index contributed by atoms with van der Waals surface area (Å²) in [6, 6.07) is 15.0. The van der Waals surface area contributed by atoms with E-state index in [9.17, 15) is 14.4 Å². The van der Waals surface area contributed by atoms with Crippen LogP contribution in [0.5, 0.6) is 0 Å². The largest absolute Gasteiger partial charge is 0.507 e. The fourth-order valence-electron chi connectivity index (χ4n) is 4.06. The van der Waals surface area contributed by atoms with E-state index in [0.29, 0.717) is 5.56 Å². The highest BCUT2D eigenvalue weighted by Gasteiger charge is 2.40. The monoisotopic (exact) mass is 436 g/mol. The predicted octanol–water partition coefficient (Wildman–Crippen LogP) is 2.09. The quantitative estimate of drug-likeness (QED) is 0.437. The van der Waals surface area contributed by atoms with Crippen molar-refractivity contribution < 1.29 is 24.2 Å². The zero-order valence-electron chi connectivity index (χ0n) is 17.2. The molecule has 0 radical (unpaired) electrons. The Morgan fingerprint density at radius 2 is 1.88 bits per heavy atom. The average Bonchev–Trinajstić information content (AvgIpc) is 3.37. The highest BCUT2D eigenvalue weighted by molar-refractivity contribution is 5.94. The first-order valence-electron chi connectivity index (χ1n) is 10.3. The van der Waals surface area contributed by atoms with Gasteiger partial charge in [0, 0.05) is 35.6 Å². The smallest absolute Gasteiger partial charge is 0.450 e. The molecule has 1 saturated heterocycles. The number of likely N-dealkylation sites (tertiary alicyclic amines) is 1.